The Kier molecular flexibility index (Phi) is 4.07. The van der Waals surface area contributed by atoms with Gasteiger partial charge in [0, 0.05) is 18.5 Å². The van der Waals surface area contributed by atoms with E-state index in [9.17, 15) is 4.79 Å². The van der Waals surface area contributed by atoms with Crippen molar-refractivity contribution in [1.82, 2.24) is 15.6 Å². The first-order chi connectivity index (χ1) is 10.1. The molecule has 1 aliphatic heterocycles. The minimum atomic E-state index is -0.130. The molecule has 3 heterocycles. The molecule has 3 rings (SSSR count). The van der Waals surface area contributed by atoms with Crippen LogP contribution in [0.5, 0.6) is 0 Å². The van der Waals surface area contributed by atoms with Crippen molar-refractivity contribution >= 4 is 17.2 Å². The monoisotopic (exact) mass is 305 g/mol. The molecular weight excluding hydrogens is 286 g/mol. The number of nitrogens with zero attached hydrogens (tertiary/aromatic N) is 1. The summed E-state index contributed by atoms with van der Waals surface area (Å²) < 4.78 is 5.57. The molecule has 0 aliphatic carbocycles. The maximum Gasteiger partial charge on any atom is 0.237 e. The maximum absolute atomic E-state index is 11.8. The number of rotatable bonds is 4. The van der Waals surface area contributed by atoms with Crippen molar-refractivity contribution in [1.29, 1.82) is 0 Å². The molecule has 6 heteroatoms. The lowest BCUT2D eigenvalue weighted by Crippen LogP contribution is -2.52. The van der Waals surface area contributed by atoms with Crippen LogP contribution < -0.4 is 10.6 Å². The molecule has 1 fully saturated rings. The Hall–Kier alpha value is -1.66. The molecule has 1 aliphatic rings. The Balaban J connectivity index is 1.63. The number of hydrogen-bond acceptors (Lipinski definition) is 5. The SMILES string of the molecule is Cc1ccc(-c2nc(CNC3C(=O)NCCC3C)cs2)o1. The molecule has 0 aromatic carbocycles. The first-order valence-electron chi connectivity index (χ1n) is 7.16. The molecule has 2 atom stereocenters. The molecule has 1 saturated heterocycles. The Morgan fingerprint density at radius 3 is 3.10 bits per heavy atom. The number of amides is 1. The van der Waals surface area contributed by atoms with Crippen LogP contribution in [0.2, 0.25) is 0 Å². The predicted molar refractivity (Wildman–Crippen MR) is 82.0 cm³/mol. The fourth-order valence-electron chi connectivity index (χ4n) is 2.52. The molecule has 0 bridgehead atoms. The average Bonchev–Trinajstić information content (AvgIpc) is 3.07. The summed E-state index contributed by atoms with van der Waals surface area (Å²) in [7, 11) is 0. The van der Waals surface area contributed by atoms with E-state index in [2.05, 4.69) is 22.5 Å². The topological polar surface area (TPSA) is 67.2 Å². The van der Waals surface area contributed by atoms with E-state index in [4.69, 9.17) is 4.42 Å². The number of nitrogens with one attached hydrogen (secondary N) is 2. The number of carbonyl (C=O) groups excluding carboxylic acids is 1. The average molecular weight is 305 g/mol. The fourth-order valence-corrected chi connectivity index (χ4v) is 3.30. The molecule has 0 spiro atoms. The lowest BCUT2D eigenvalue weighted by atomic mass is 9.94. The summed E-state index contributed by atoms with van der Waals surface area (Å²) in [5.41, 5.74) is 0.939. The van der Waals surface area contributed by atoms with Gasteiger partial charge in [-0.3, -0.25) is 10.1 Å². The molecule has 0 radical (unpaired) electrons. The van der Waals surface area contributed by atoms with E-state index in [1.54, 1.807) is 11.3 Å². The Labute approximate surface area is 127 Å². The second kappa shape index (κ2) is 5.99. The molecule has 21 heavy (non-hydrogen) atoms. The van der Waals surface area contributed by atoms with E-state index in [1.165, 1.54) is 0 Å². The van der Waals surface area contributed by atoms with Crippen LogP contribution in [-0.2, 0) is 11.3 Å². The molecular formula is C15H19N3O2S. The summed E-state index contributed by atoms with van der Waals surface area (Å²) in [6.07, 6.45) is 1.01. The van der Waals surface area contributed by atoms with Crippen LogP contribution >= 0.6 is 11.3 Å². The van der Waals surface area contributed by atoms with Crippen LogP contribution in [0.15, 0.2) is 21.9 Å². The molecule has 2 N–H and O–H groups in total. The highest BCUT2D eigenvalue weighted by molar-refractivity contribution is 7.13. The van der Waals surface area contributed by atoms with Crippen molar-refractivity contribution < 1.29 is 9.21 Å². The van der Waals surface area contributed by atoms with Gasteiger partial charge in [0.2, 0.25) is 5.91 Å². The van der Waals surface area contributed by atoms with Crippen LogP contribution in [-0.4, -0.2) is 23.5 Å². The maximum atomic E-state index is 11.8. The zero-order valence-electron chi connectivity index (χ0n) is 12.2. The highest BCUT2D eigenvalue weighted by Crippen LogP contribution is 2.25. The standard InChI is InChI=1S/C15H19N3O2S/c1-9-5-6-16-14(19)13(9)17-7-11-8-21-15(18-11)12-4-3-10(2)20-12/h3-4,8-9,13,17H,5-7H2,1-2H3,(H,16,19). The number of thiazole rings is 1. The van der Waals surface area contributed by atoms with Crippen molar-refractivity contribution in [3.05, 3.63) is 29.0 Å². The molecule has 2 unspecified atom stereocenters. The number of hydrogen-bond donors (Lipinski definition) is 2. The van der Waals surface area contributed by atoms with Crippen LogP contribution in [0.3, 0.4) is 0 Å². The summed E-state index contributed by atoms with van der Waals surface area (Å²) in [6.45, 7) is 5.40. The van der Waals surface area contributed by atoms with E-state index in [-0.39, 0.29) is 11.9 Å². The smallest absolute Gasteiger partial charge is 0.237 e. The van der Waals surface area contributed by atoms with Gasteiger partial charge < -0.3 is 9.73 Å². The van der Waals surface area contributed by atoms with E-state index < -0.39 is 0 Å². The summed E-state index contributed by atoms with van der Waals surface area (Å²) >= 11 is 1.56. The third-order valence-corrected chi connectivity index (χ3v) is 4.66. The Morgan fingerprint density at radius 1 is 1.52 bits per heavy atom. The molecule has 2 aromatic rings. The van der Waals surface area contributed by atoms with Gasteiger partial charge in [0.05, 0.1) is 11.7 Å². The highest BCUT2D eigenvalue weighted by atomic mass is 32.1. The van der Waals surface area contributed by atoms with E-state index in [1.807, 2.05) is 24.4 Å². The number of carbonyl (C=O) groups is 1. The third kappa shape index (κ3) is 3.16. The molecule has 112 valence electrons. The molecule has 2 aromatic heterocycles. The lowest BCUT2D eigenvalue weighted by Gasteiger charge is -2.28. The Morgan fingerprint density at radius 2 is 2.38 bits per heavy atom. The summed E-state index contributed by atoms with van der Waals surface area (Å²) in [5.74, 6) is 2.12. The van der Waals surface area contributed by atoms with Gasteiger partial charge in [0.25, 0.3) is 0 Å². The minimum Gasteiger partial charge on any atom is -0.459 e. The molecule has 1 amide bonds. The van der Waals surface area contributed by atoms with Crippen molar-refractivity contribution in [2.75, 3.05) is 6.54 Å². The van der Waals surface area contributed by atoms with Crippen LogP contribution in [0.1, 0.15) is 24.8 Å². The van der Waals surface area contributed by atoms with E-state index >= 15 is 0 Å². The first-order valence-corrected chi connectivity index (χ1v) is 8.04. The van der Waals surface area contributed by atoms with Crippen molar-refractivity contribution in [3.63, 3.8) is 0 Å². The van der Waals surface area contributed by atoms with Crippen LogP contribution in [0.4, 0.5) is 0 Å². The third-order valence-electron chi connectivity index (χ3n) is 3.76. The number of furan rings is 1. The van der Waals surface area contributed by atoms with Gasteiger partial charge in [-0.2, -0.15) is 0 Å². The van der Waals surface area contributed by atoms with Gasteiger partial charge in [0.15, 0.2) is 10.8 Å². The molecule has 5 nitrogen and oxygen atoms in total. The van der Waals surface area contributed by atoms with Gasteiger partial charge in [-0.1, -0.05) is 6.92 Å². The van der Waals surface area contributed by atoms with Crippen molar-refractivity contribution in [2.24, 2.45) is 5.92 Å². The molecule has 0 saturated carbocycles. The highest BCUT2D eigenvalue weighted by Gasteiger charge is 2.28. The zero-order chi connectivity index (χ0) is 14.8. The summed E-state index contributed by atoms with van der Waals surface area (Å²) in [4.78, 5) is 16.4. The number of aryl methyl sites for hydroxylation is 1. The van der Waals surface area contributed by atoms with Gasteiger partial charge in [-0.25, -0.2) is 4.98 Å². The Bertz CT molecular complexity index is 634. The first kappa shape index (κ1) is 14.3. The van der Waals surface area contributed by atoms with Crippen molar-refractivity contribution in [3.8, 4) is 10.8 Å². The second-order valence-electron chi connectivity index (χ2n) is 5.47. The van der Waals surface area contributed by atoms with E-state index in [0.717, 1.165) is 35.2 Å². The normalized spacial score (nSPS) is 22.3. The lowest BCUT2D eigenvalue weighted by molar-refractivity contribution is -0.126. The van der Waals surface area contributed by atoms with Gasteiger partial charge in [0.1, 0.15) is 5.76 Å². The minimum absolute atomic E-state index is 0.0888. The second-order valence-corrected chi connectivity index (χ2v) is 6.33. The van der Waals surface area contributed by atoms with Crippen LogP contribution in [0.25, 0.3) is 10.8 Å². The number of piperidine rings is 1. The van der Waals surface area contributed by atoms with Gasteiger partial charge in [-0.05, 0) is 31.4 Å². The largest absolute Gasteiger partial charge is 0.459 e. The summed E-state index contributed by atoms with van der Waals surface area (Å²) in [6, 6.07) is 3.74. The quantitative estimate of drug-likeness (QED) is 0.910. The summed E-state index contributed by atoms with van der Waals surface area (Å²) in [5, 5.41) is 9.09. The van der Waals surface area contributed by atoms with E-state index in [0.29, 0.717) is 12.5 Å². The van der Waals surface area contributed by atoms with Crippen molar-refractivity contribution in [2.45, 2.75) is 32.9 Å². The van der Waals surface area contributed by atoms with Gasteiger partial charge >= 0.3 is 0 Å². The number of aromatic nitrogens is 1. The predicted octanol–water partition coefficient (Wildman–Crippen LogP) is 2.33. The van der Waals surface area contributed by atoms with Crippen LogP contribution in [0, 0.1) is 12.8 Å². The van der Waals surface area contributed by atoms with Gasteiger partial charge in [-0.15, -0.1) is 11.3 Å². The zero-order valence-corrected chi connectivity index (χ0v) is 13.0. The fraction of sp³-hybridized carbons (Fsp3) is 0.467.